The van der Waals surface area contributed by atoms with Crippen molar-refractivity contribution < 1.29 is 13.2 Å². The smallest absolute Gasteiger partial charge is 0.229 e. The molecule has 3 N–H and O–H groups in total. The lowest BCUT2D eigenvalue weighted by atomic mass is 9.75. The van der Waals surface area contributed by atoms with Gasteiger partial charge in [-0.3, -0.25) is 0 Å². The number of aromatic nitrogens is 4. The van der Waals surface area contributed by atoms with Crippen molar-refractivity contribution in [1.29, 1.82) is 0 Å². The molecule has 5 rings (SSSR count). The standard InChI is InChI=1S/C27H39N7O3S/c1-19(2)22-17-31-34-24(22)32-25-30-18-27(10-12-28-13-11-27)9-5-4-6-14-37-23-15-21(38(3,35)36)8-7-20(23)16-29-26(34)33-25/h7-8,15,17,19,28H,4-6,9-14,16,18H2,1-3H3,(H2,29,30,32,33). The van der Waals surface area contributed by atoms with Crippen molar-refractivity contribution in [3.05, 3.63) is 35.5 Å². The zero-order valence-electron chi connectivity index (χ0n) is 22.6. The maximum atomic E-state index is 12.2. The third kappa shape index (κ3) is 5.88. The zero-order chi connectivity index (χ0) is 26.8. The van der Waals surface area contributed by atoms with Gasteiger partial charge in [0.1, 0.15) is 5.75 Å². The minimum atomic E-state index is -3.35. The maximum absolute atomic E-state index is 12.2. The number of ether oxygens (including phenoxy) is 1. The molecule has 38 heavy (non-hydrogen) atoms. The van der Waals surface area contributed by atoms with Crippen LogP contribution in [0.4, 0.5) is 11.9 Å². The first-order valence-corrected chi connectivity index (χ1v) is 15.5. The summed E-state index contributed by atoms with van der Waals surface area (Å²) in [7, 11) is -3.35. The van der Waals surface area contributed by atoms with Gasteiger partial charge in [-0.2, -0.15) is 19.6 Å². The molecule has 0 atom stereocenters. The van der Waals surface area contributed by atoms with E-state index in [1.807, 2.05) is 12.3 Å². The molecule has 0 unspecified atom stereocenters. The Hall–Kier alpha value is -2.92. The quantitative estimate of drug-likeness (QED) is 0.442. The van der Waals surface area contributed by atoms with Gasteiger partial charge in [-0.05, 0) is 62.2 Å². The van der Waals surface area contributed by atoms with Gasteiger partial charge < -0.3 is 20.7 Å². The van der Waals surface area contributed by atoms with Gasteiger partial charge in [-0.1, -0.05) is 32.8 Å². The Morgan fingerprint density at radius 1 is 1.05 bits per heavy atom. The highest BCUT2D eigenvalue weighted by Crippen LogP contribution is 2.35. The first kappa shape index (κ1) is 26.7. The van der Waals surface area contributed by atoms with E-state index in [4.69, 9.17) is 14.7 Å². The van der Waals surface area contributed by atoms with E-state index in [-0.39, 0.29) is 16.2 Å². The van der Waals surface area contributed by atoms with Gasteiger partial charge in [0.05, 0.1) is 17.7 Å². The summed E-state index contributed by atoms with van der Waals surface area (Å²) in [6.07, 6.45) is 9.55. The van der Waals surface area contributed by atoms with Crippen molar-refractivity contribution in [3.63, 3.8) is 0 Å². The number of hydrogen-bond acceptors (Lipinski definition) is 9. The van der Waals surface area contributed by atoms with Crippen molar-refractivity contribution in [3.8, 4) is 5.75 Å². The molecule has 1 spiro atoms. The normalized spacial score (nSPS) is 18.9. The topological polar surface area (TPSA) is 123 Å². The van der Waals surface area contributed by atoms with Gasteiger partial charge in [-0.15, -0.1) is 0 Å². The van der Waals surface area contributed by atoms with Crippen molar-refractivity contribution in [2.45, 2.75) is 69.7 Å². The summed E-state index contributed by atoms with van der Waals surface area (Å²) in [5.74, 6) is 2.01. The summed E-state index contributed by atoms with van der Waals surface area (Å²) in [5, 5.41) is 15.1. The monoisotopic (exact) mass is 541 g/mol. The van der Waals surface area contributed by atoms with Crippen molar-refractivity contribution in [2.24, 2.45) is 5.41 Å². The number of rotatable bonds is 2. The van der Waals surface area contributed by atoms with Crippen LogP contribution < -0.4 is 20.7 Å². The summed E-state index contributed by atoms with van der Waals surface area (Å²) in [6.45, 7) is 8.10. The number of hydrogen-bond donors (Lipinski definition) is 3. The molecule has 11 heteroatoms. The highest BCUT2D eigenvalue weighted by atomic mass is 32.2. The molecule has 2 aromatic heterocycles. The summed E-state index contributed by atoms with van der Waals surface area (Å²) < 4.78 is 32.3. The number of sulfone groups is 1. The van der Waals surface area contributed by atoms with Gasteiger partial charge in [0.2, 0.25) is 11.9 Å². The molecular formula is C27H39N7O3S. The molecule has 206 valence electrons. The Bertz CT molecular complexity index is 1380. The third-order valence-corrected chi connectivity index (χ3v) is 8.93. The molecule has 3 aromatic rings. The molecule has 0 radical (unpaired) electrons. The Morgan fingerprint density at radius 2 is 1.87 bits per heavy atom. The molecule has 1 saturated heterocycles. The van der Waals surface area contributed by atoms with E-state index in [0.29, 0.717) is 30.8 Å². The van der Waals surface area contributed by atoms with E-state index in [1.54, 1.807) is 16.6 Å². The number of fused-ring (bicyclic) bond motifs is 5. The number of nitrogens with zero attached hydrogens (tertiary/aromatic N) is 4. The van der Waals surface area contributed by atoms with Gasteiger partial charge >= 0.3 is 0 Å². The molecule has 1 aromatic carbocycles. The van der Waals surface area contributed by atoms with Crippen LogP contribution in [0.5, 0.6) is 5.75 Å². The van der Waals surface area contributed by atoms with E-state index in [9.17, 15) is 8.42 Å². The van der Waals surface area contributed by atoms with E-state index < -0.39 is 9.84 Å². The summed E-state index contributed by atoms with van der Waals surface area (Å²) in [5.41, 5.74) is 2.90. The van der Waals surface area contributed by atoms with Gasteiger partial charge in [-0.25, -0.2) is 8.42 Å². The Morgan fingerprint density at radius 3 is 2.63 bits per heavy atom. The van der Waals surface area contributed by atoms with Crippen molar-refractivity contribution in [1.82, 2.24) is 24.9 Å². The van der Waals surface area contributed by atoms with Crippen molar-refractivity contribution >= 4 is 27.4 Å². The zero-order valence-corrected chi connectivity index (χ0v) is 23.4. The molecular weight excluding hydrogens is 502 g/mol. The second-order valence-corrected chi connectivity index (χ2v) is 13.0. The van der Waals surface area contributed by atoms with Crippen LogP contribution in [-0.2, 0) is 16.4 Å². The SMILES string of the molecule is CC(C)c1cnn2c3nc(nc12)NCC1(CCCCCOc2cc(S(C)(=O)=O)ccc2CN3)CCNCC1. The van der Waals surface area contributed by atoms with Crippen LogP contribution in [0.1, 0.15) is 69.4 Å². The predicted octanol–water partition coefficient (Wildman–Crippen LogP) is 4.00. The van der Waals surface area contributed by atoms with Crippen LogP contribution in [0.15, 0.2) is 29.3 Å². The second kappa shape index (κ2) is 11.1. The number of anilines is 2. The van der Waals surface area contributed by atoms with Crippen LogP contribution in [0.3, 0.4) is 0 Å². The molecule has 0 amide bonds. The fourth-order valence-corrected chi connectivity index (χ4v) is 6.05. The van der Waals surface area contributed by atoms with Crippen LogP contribution in [0.25, 0.3) is 5.65 Å². The summed E-state index contributed by atoms with van der Waals surface area (Å²) in [6, 6.07) is 5.07. The molecule has 0 saturated carbocycles. The first-order chi connectivity index (χ1) is 18.2. The molecule has 2 aliphatic heterocycles. The fraction of sp³-hybridized carbons (Fsp3) is 0.593. The van der Waals surface area contributed by atoms with Gasteiger partial charge in [0, 0.05) is 30.5 Å². The molecule has 0 aliphatic carbocycles. The maximum Gasteiger partial charge on any atom is 0.229 e. The summed E-state index contributed by atoms with van der Waals surface area (Å²) >= 11 is 0. The Balaban J connectivity index is 1.52. The van der Waals surface area contributed by atoms with E-state index in [1.165, 1.54) is 6.26 Å². The average Bonchev–Trinajstić information content (AvgIpc) is 3.32. The second-order valence-electron chi connectivity index (χ2n) is 11.0. The largest absolute Gasteiger partial charge is 0.493 e. The van der Waals surface area contributed by atoms with Crippen LogP contribution in [0.2, 0.25) is 0 Å². The Labute approximate surface area is 224 Å². The van der Waals surface area contributed by atoms with Crippen LogP contribution in [0, 0.1) is 5.41 Å². The fourth-order valence-electron chi connectivity index (χ4n) is 5.42. The van der Waals surface area contributed by atoms with E-state index in [0.717, 1.165) is 74.9 Å². The summed E-state index contributed by atoms with van der Waals surface area (Å²) in [4.78, 5) is 9.96. The highest BCUT2D eigenvalue weighted by molar-refractivity contribution is 7.90. The molecule has 2 aliphatic rings. The predicted molar refractivity (Wildman–Crippen MR) is 149 cm³/mol. The van der Waals surface area contributed by atoms with Crippen LogP contribution in [-0.4, -0.2) is 60.5 Å². The molecule has 1 fully saturated rings. The van der Waals surface area contributed by atoms with E-state index >= 15 is 0 Å². The lowest BCUT2D eigenvalue weighted by Gasteiger charge is -2.38. The van der Waals surface area contributed by atoms with Gasteiger partial charge in [0.15, 0.2) is 15.5 Å². The average molecular weight is 542 g/mol. The minimum Gasteiger partial charge on any atom is -0.493 e. The molecule has 4 heterocycles. The van der Waals surface area contributed by atoms with Crippen LogP contribution >= 0.6 is 0 Å². The number of nitrogens with one attached hydrogen (secondary N) is 3. The lowest BCUT2D eigenvalue weighted by Crippen LogP contribution is -2.41. The number of benzene rings is 1. The van der Waals surface area contributed by atoms with E-state index in [2.05, 4.69) is 34.9 Å². The molecule has 10 nitrogen and oxygen atoms in total. The highest BCUT2D eigenvalue weighted by Gasteiger charge is 2.32. The minimum absolute atomic E-state index is 0.199. The first-order valence-electron chi connectivity index (χ1n) is 13.6. The van der Waals surface area contributed by atoms with Gasteiger partial charge in [0.25, 0.3) is 0 Å². The third-order valence-electron chi connectivity index (χ3n) is 7.82. The Kier molecular flexibility index (Phi) is 7.76. The molecule has 2 bridgehead atoms. The lowest BCUT2D eigenvalue weighted by molar-refractivity contribution is 0.192. The van der Waals surface area contributed by atoms with Crippen molar-refractivity contribution in [2.75, 3.05) is 43.1 Å². The number of piperidine rings is 1.